The van der Waals surface area contributed by atoms with Crippen LogP contribution in [0.5, 0.6) is 0 Å². The van der Waals surface area contributed by atoms with Crippen molar-refractivity contribution < 1.29 is 13.7 Å². The molecule has 1 aromatic carbocycles. The van der Waals surface area contributed by atoms with Crippen molar-refractivity contribution in [2.45, 2.75) is 17.5 Å². The van der Waals surface area contributed by atoms with Gasteiger partial charge in [0, 0.05) is 19.2 Å². The molecule has 0 fully saturated rings. The molecule has 0 aliphatic rings. The molecule has 0 aliphatic carbocycles. The van der Waals surface area contributed by atoms with Crippen molar-refractivity contribution in [1.29, 1.82) is 0 Å². The van der Waals surface area contributed by atoms with Gasteiger partial charge in [-0.1, -0.05) is 16.9 Å². The minimum atomic E-state index is -0.302. The second-order valence-corrected chi connectivity index (χ2v) is 5.55. The zero-order chi connectivity index (χ0) is 16.1. The smallest absolute Gasteiger partial charge is 0.237 e. The number of rotatable bonds is 7. The molecule has 0 radical (unpaired) electrons. The summed E-state index contributed by atoms with van der Waals surface area (Å²) in [7, 11) is 1.65. The highest BCUT2D eigenvalue weighted by atomic mass is 32.2. The van der Waals surface area contributed by atoms with E-state index in [0.29, 0.717) is 36.2 Å². The second-order valence-electron chi connectivity index (χ2n) is 4.61. The average molecular weight is 335 g/mol. The van der Waals surface area contributed by atoms with Gasteiger partial charge in [-0.05, 0) is 24.3 Å². The van der Waals surface area contributed by atoms with Crippen LogP contribution < -0.4 is 0 Å². The summed E-state index contributed by atoms with van der Waals surface area (Å²) in [5, 5.41) is 12.6. The first kappa shape index (κ1) is 15.6. The largest absolute Gasteiger partial charge is 0.383 e. The molecule has 7 nitrogen and oxygen atoms in total. The standard InChI is InChI=1S/C14H14FN5O2S/c1-21-7-6-20-9-16-18-14(20)23-8-12-17-13(19-22-12)10-2-4-11(15)5-3-10/h2-5,9H,6-8H2,1H3. The molecule has 9 heteroatoms. The van der Waals surface area contributed by atoms with Crippen molar-refractivity contribution >= 4 is 11.8 Å². The Bertz CT molecular complexity index is 759. The van der Waals surface area contributed by atoms with Gasteiger partial charge in [-0.2, -0.15) is 4.98 Å². The van der Waals surface area contributed by atoms with Crippen LogP contribution in [0.25, 0.3) is 11.4 Å². The van der Waals surface area contributed by atoms with Crippen molar-refractivity contribution in [2.24, 2.45) is 0 Å². The summed E-state index contributed by atoms with van der Waals surface area (Å²) in [6, 6.07) is 5.94. The van der Waals surface area contributed by atoms with Crippen LogP contribution in [0.1, 0.15) is 5.89 Å². The molecule has 0 N–H and O–H groups in total. The number of methoxy groups -OCH3 is 1. The first-order valence-corrected chi connectivity index (χ1v) is 7.83. The van der Waals surface area contributed by atoms with Crippen LogP contribution in [0.15, 0.2) is 40.3 Å². The molecule has 2 heterocycles. The third-order valence-corrected chi connectivity index (χ3v) is 3.98. The highest BCUT2D eigenvalue weighted by Gasteiger charge is 2.11. The van der Waals surface area contributed by atoms with Gasteiger partial charge >= 0.3 is 0 Å². The Labute approximate surface area is 135 Å². The van der Waals surface area contributed by atoms with E-state index in [4.69, 9.17) is 9.26 Å². The van der Waals surface area contributed by atoms with E-state index in [1.54, 1.807) is 25.6 Å². The summed E-state index contributed by atoms with van der Waals surface area (Å²) < 4.78 is 25.1. The maximum atomic E-state index is 12.9. The van der Waals surface area contributed by atoms with Gasteiger partial charge in [0.25, 0.3) is 0 Å². The summed E-state index contributed by atoms with van der Waals surface area (Å²) in [4.78, 5) is 4.30. The fourth-order valence-corrected chi connectivity index (χ4v) is 2.63. The first-order valence-electron chi connectivity index (χ1n) is 6.84. The normalized spacial score (nSPS) is 11.0. The Balaban J connectivity index is 1.63. The summed E-state index contributed by atoms with van der Waals surface area (Å²) in [6.07, 6.45) is 1.65. The van der Waals surface area contributed by atoms with Crippen LogP contribution in [0.2, 0.25) is 0 Å². The van der Waals surface area contributed by atoms with Gasteiger partial charge in [0.15, 0.2) is 5.16 Å². The lowest BCUT2D eigenvalue weighted by atomic mass is 10.2. The van der Waals surface area contributed by atoms with E-state index in [1.165, 1.54) is 23.9 Å². The monoisotopic (exact) mass is 335 g/mol. The fraction of sp³-hybridized carbons (Fsp3) is 0.286. The molecule has 3 aromatic rings. The SMILES string of the molecule is COCCn1cnnc1SCc1nc(-c2ccc(F)cc2)no1. The lowest BCUT2D eigenvalue weighted by Crippen LogP contribution is -2.04. The van der Waals surface area contributed by atoms with Crippen molar-refractivity contribution in [1.82, 2.24) is 24.9 Å². The quantitative estimate of drug-likeness (QED) is 0.613. The molecular weight excluding hydrogens is 321 g/mol. The molecule has 0 bridgehead atoms. The molecule has 3 rings (SSSR count). The van der Waals surface area contributed by atoms with Crippen molar-refractivity contribution in [3.05, 3.63) is 42.3 Å². The number of nitrogens with zero attached hydrogens (tertiary/aromatic N) is 5. The number of thioether (sulfide) groups is 1. The Hall–Kier alpha value is -2.26. The summed E-state index contributed by atoms with van der Waals surface area (Å²) in [6.45, 7) is 1.26. The molecule has 0 unspecified atom stereocenters. The number of hydrogen-bond acceptors (Lipinski definition) is 7. The van der Waals surface area contributed by atoms with E-state index in [1.807, 2.05) is 4.57 Å². The van der Waals surface area contributed by atoms with Gasteiger partial charge in [-0.25, -0.2) is 4.39 Å². The van der Waals surface area contributed by atoms with E-state index < -0.39 is 0 Å². The van der Waals surface area contributed by atoms with E-state index in [9.17, 15) is 4.39 Å². The Morgan fingerprint density at radius 3 is 2.91 bits per heavy atom. The number of halogens is 1. The predicted octanol–water partition coefficient (Wildman–Crippen LogP) is 2.41. The molecule has 0 saturated heterocycles. The molecule has 0 atom stereocenters. The third kappa shape index (κ3) is 3.93. The number of hydrogen-bond donors (Lipinski definition) is 0. The molecule has 23 heavy (non-hydrogen) atoms. The molecule has 0 saturated carbocycles. The lowest BCUT2D eigenvalue weighted by Gasteiger charge is -2.03. The molecular formula is C14H14FN5O2S. The van der Waals surface area contributed by atoms with Gasteiger partial charge in [-0.15, -0.1) is 10.2 Å². The van der Waals surface area contributed by atoms with Crippen LogP contribution in [0, 0.1) is 5.82 Å². The topological polar surface area (TPSA) is 78.9 Å². The van der Waals surface area contributed by atoms with Gasteiger partial charge in [0.05, 0.1) is 12.4 Å². The fourth-order valence-electron chi connectivity index (χ4n) is 1.86. The highest BCUT2D eigenvalue weighted by Crippen LogP contribution is 2.22. The summed E-state index contributed by atoms with van der Waals surface area (Å²) in [5.41, 5.74) is 0.703. The Morgan fingerprint density at radius 2 is 2.13 bits per heavy atom. The average Bonchev–Trinajstić information content (AvgIpc) is 3.21. The Kier molecular flexibility index (Phi) is 4.99. The van der Waals surface area contributed by atoms with Crippen molar-refractivity contribution in [3.63, 3.8) is 0 Å². The maximum absolute atomic E-state index is 12.9. The molecule has 2 aromatic heterocycles. The second kappa shape index (κ2) is 7.34. The van der Waals surface area contributed by atoms with E-state index in [0.717, 1.165) is 5.16 Å². The van der Waals surface area contributed by atoms with Crippen LogP contribution in [-0.4, -0.2) is 38.6 Å². The molecule has 0 amide bonds. The van der Waals surface area contributed by atoms with E-state index in [2.05, 4.69) is 20.3 Å². The van der Waals surface area contributed by atoms with Gasteiger partial charge in [-0.3, -0.25) is 0 Å². The van der Waals surface area contributed by atoms with Gasteiger partial charge in [0.2, 0.25) is 11.7 Å². The van der Waals surface area contributed by atoms with Gasteiger partial charge < -0.3 is 13.8 Å². The molecule has 0 spiro atoms. The molecule has 0 aliphatic heterocycles. The van der Waals surface area contributed by atoms with Crippen LogP contribution in [-0.2, 0) is 17.0 Å². The minimum absolute atomic E-state index is 0.302. The first-order chi connectivity index (χ1) is 11.3. The van der Waals surface area contributed by atoms with Crippen LogP contribution >= 0.6 is 11.8 Å². The summed E-state index contributed by atoms with van der Waals surface area (Å²) in [5.74, 6) is 1.07. The lowest BCUT2D eigenvalue weighted by molar-refractivity contribution is 0.184. The van der Waals surface area contributed by atoms with Crippen molar-refractivity contribution in [3.8, 4) is 11.4 Å². The molecule has 120 valence electrons. The third-order valence-electron chi connectivity index (χ3n) is 3.01. The zero-order valence-electron chi connectivity index (χ0n) is 12.3. The zero-order valence-corrected chi connectivity index (χ0v) is 13.2. The Morgan fingerprint density at radius 1 is 1.30 bits per heavy atom. The van der Waals surface area contributed by atoms with Crippen LogP contribution in [0.3, 0.4) is 0 Å². The van der Waals surface area contributed by atoms with E-state index >= 15 is 0 Å². The number of aromatic nitrogens is 5. The summed E-state index contributed by atoms with van der Waals surface area (Å²) >= 11 is 1.45. The van der Waals surface area contributed by atoms with Crippen molar-refractivity contribution in [2.75, 3.05) is 13.7 Å². The van der Waals surface area contributed by atoms with E-state index in [-0.39, 0.29) is 5.82 Å². The predicted molar refractivity (Wildman–Crippen MR) is 81.2 cm³/mol. The number of benzene rings is 1. The highest BCUT2D eigenvalue weighted by molar-refractivity contribution is 7.98. The van der Waals surface area contributed by atoms with Crippen LogP contribution in [0.4, 0.5) is 4.39 Å². The van der Waals surface area contributed by atoms with Gasteiger partial charge in [0.1, 0.15) is 12.1 Å². The minimum Gasteiger partial charge on any atom is -0.383 e. The number of ether oxygens (including phenoxy) is 1. The maximum Gasteiger partial charge on any atom is 0.237 e.